The molecule has 0 bridgehead atoms. The fourth-order valence-electron chi connectivity index (χ4n) is 3.81. The minimum absolute atomic E-state index is 0.0551. The average Bonchev–Trinajstić information content (AvgIpc) is 2.81. The highest BCUT2D eigenvalue weighted by Gasteiger charge is 2.25. The van der Waals surface area contributed by atoms with Gasteiger partial charge in [0, 0.05) is 42.8 Å². The molecule has 1 aliphatic heterocycles. The number of ether oxygens (including phenoxy) is 1. The second-order valence-corrected chi connectivity index (χ2v) is 8.19. The Hall–Kier alpha value is -4.01. The van der Waals surface area contributed by atoms with Gasteiger partial charge in [-0.3, -0.25) is 14.9 Å². The van der Waals surface area contributed by atoms with Crippen LogP contribution in [-0.4, -0.2) is 33.9 Å². The largest absolute Gasteiger partial charge is 0.424 e. The molecule has 0 radical (unpaired) electrons. The van der Waals surface area contributed by atoms with E-state index in [1.807, 2.05) is 11.8 Å². The molecule has 170 valence electrons. The molecule has 2 aromatic carbocycles. The lowest BCUT2D eigenvalue weighted by Gasteiger charge is -2.31. The number of aromatic nitrogens is 2. The number of amides is 1. The number of aryl methyl sites for hydroxylation is 1. The Morgan fingerprint density at radius 2 is 1.88 bits per heavy atom. The number of benzene rings is 2. The predicted molar refractivity (Wildman–Crippen MR) is 125 cm³/mol. The lowest BCUT2D eigenvalue weighted by molar-refractivity contribution is -0.384. The van der Waals surface area contributed by atoms with Crippen LogP contribution in [0, 0.1) is 23.0 Å². The van der Waals surface area contributed by atoms with Crippen molar-refractivity contribution >= 4 is 23.0 Å². The monoisotopic (exact) mass is 447 g/mol. The second kappa shape index (κ2) is 9.64. The maximum atomic E-state index is 12.8. The van der Waals surface area contributed by atoms with Gasteiger partial charge >= 0.3 is 6.01 Å². The molecule has 0 atom stereocenters. The molecule has 0 saturated carbocycles. The number of piperidine rings is 1. The first-order valence-corrected chi connectivity index (χ1v) is 10.8. The van der Waals surface area contributed by atoms with E-state index in [0.29, 0.717) is 23.0 Å². The lowest BCUT2D eigenvalue weighted by Crippen LogP contribution is -2.33. The van der Waals surface area contributed by atoms with Gasteiger partial charge in [0.15, 0.2) is 0 Å². The molecular formula is C24H25N5O4. The van der Waals surface area contributed by atoms with Crippen molar-refractivity contribution < 1.29 is 14.5 Å². The fraction of sp³-hybridized carbons (Fsp3) is 0.292. The average molecular weight is 447 g/mol. The Morgan fingerprint density at radius 3 is 2.55 bits per heavy atom. The van der Waals surface area contributed by atoms with Gasteiger partial charge in [0.2, 0.25) is 0 Å². The molecule has 1 N–H and O–H groups in total. The van der Waals surface area contributed by atoms with Crippen LogP contribution in [0.3, 0.4) is 0 Å². The molecule has 1 fully saturated rings. The molecule has 33 heavy (non-hydrogen) atoms. The predicted octanol–water partition coefficient (Wildman–Crippen LogP) is 4.97. The van der Waals surface area contributed by atoms with E-state index < -0.39 is 10.8 Å². The molecule has 0 aliphatic carbocycles. The third-order valence-corrected chi connectivity index (χ3v) is 5.76. The summed E-state index contributed by atoms with van der Waals surface area (Å²) in [5, 5.41) is 14.6. The van der Waals surface area contributed by atoms with E-state index in [1.54, 1.807) is 48.8 Å². The zero-order valence-electron chi connectivity index (χ0n) is 18.5. The maximum absolute atomic E-state index is 12.8. The van der Waals surface area contributed by atoms with E-state index >= 15 is 0 Å². The first-order valence-electron chi connectivity index (χ1n) is 10.8. The Labute approximate surface area is 191 Å². The Balaban J connectivity index is 1.50. The summed E-state index contributed by atoms with van der Waals surface area (Å²) >= 11 is 0. The Kier molecular flexibility index (Phi) is 6.48. The number of hydrogen-bond donors (Lipinski definition) is 1. The van der Waals surface area contributed by atoms with Gasteiger partial charge < -0.3 is 15.0 Å². The highest BCUT2D eigenvalue weighted by Crippen LogP contribution is 2.33. The van der Waals surface area contributed by atoms with Gasteiger partial charge in [-0.05, 0) is 67.6 Å². The van der Waals surface area contributed by atoms with Crippen molar-refractivity contribution in [3.05, 3.63) is 76.1 Å². The molecule has 0 spiro atoms. The summed E-state index contributed by atoms with van der Waals surface area (Å²) in [4.78, 5) is 34.2. The Bertz CT molecular complexity index is 1160. The van der Waals surface area contributed by atoms with Crippen molar-refractivity contribution in [2.75, 3.05) is 23.3 Å². The Morgan fingerprint density at radius 1 is 1.15 bits per heavy atom. The van der Waals surface area contributed by atoms with Crippen LogP contribution in [0.15, 0.2) is 54.9 Å². The van der Waals surface area contributed by atoms with Crippen LogP contribution in [0.2, 0.25) is 0 Å². The van der Waals surface area contributed by atoms with Crippen molar-refractivity contribution in [2.45, 2.75) is 26.7 Å². The van der Waals surface area contributed by atoms with Crippen molar-refractivity contribution in [3.8, 4) is 11.8 Å². The van der Waals surface area contributed by atoms with Crippen LogP contribution in [0.1, 0.15) is 35.7 Å². The van der Waals surface area contributed by atoms with Gasteiger partial charge in [-0.2, -0.15) is 0 Å². The highest BCUT2D eigenvalue weighted by atomic mass is 16.6. The summed E-state index contributed by atoms with van der Waals surface area (Å²) in [5.74, 6) is 0.734. The van der Waals surface area contributed by atoms with Crippen LogP contribution in [0.5, 0.6) is 11.8 Å². The summed E-state index contributed by atoms with van der Waals surface area (Å²) in [6.07, 6.45) is 5.16. The normalized spacial score (nSPS) is 14.1. The van der Waals surface area contributed by atoms with E-state index in [4.69, 9.17) is 4.74 Å². The molecule has 2 heterocycles. The van der Waals surface area contributed by atoms with Gasteiger partial charge in [-0.15, -0.1) is 0 Å². The number of nitrogens with one attached hydrogen (secondary N) is 1. The standard InChI is InChI=1S/C24H25N5O4/c1-16-8-12-28(13-9-16)21-7-4-18(15-22(21)29(31)32)23(30)27-20-6-5-19(14-17(20)2)33-24-25-10-3-11-26-24/h3-7,10-11,14-16H,8-9,12-13H2,1-2H3,(H,27,30). The second-order valence-electron chi connectivity index (χ2n) is 8.19. The number of nitrogens with zero attached hydrogens (tertiary/aromatic N) is 4. The van der Waals surface area contributed by atoms with Gasteiger partial charge in [-0.1, -0.05) is 6.92 Å². The first kappa shape index (κ1) is 22.2. The fourth-order valence-corrected chi connectivity index (χ4v) is 3.81. The van der Waals surface area contributed by atoms with Crippen LogP contribution in [0.25, 0.3) is 0 Å². The number of nitro groups is 1. The number of anilines is 2. The van der Waals surface area contributed by atoms with E-state index in [1.165, 1.54) is 6.07 Å². The first-order chi connectivity index (χ1) is 15.9. The molecule has 1 aromatic heterocycles. The van der Waals surface area contributed by atoms with Crippen LogP contribution in [-0.2, 0) is 0 Å². The molecule has 1 saturated heterocycles. The minimum Gasteiger partial charge on any atom is -0.424 e. The molecule has 1 aliphatic rings. The summed E-state index contributed by atoms with van der Waals surface area (Å²) in [6, 6.07) is 11.7. The number of hydrogen-bond acceptors (Lipinski definition) is 7. The molecule has 0 unspecified atom stereocenters. The molecule has 9 heteroatoms. The van der Waals surface area contributed by atoms with E-state index in [-0.39, 0.29) is 17.3 Å². The third-order valence-electron chi connectivity index (χ3n) is 5.76. The van der Waals surface area contributed by atoms with Gasteiger partial charge in [0.1, 0.15) is 11.4 Å². The summed E-state index contributed by atoms with van der Waals surface area (Å²) in [5.41, 5.74) is 2.08. The number of carbonyl (C=O) groups is 1. The zero-order chi connectivity index (χ0) is 23.4. The van der Waals surface area contributed by atoms with Crippen molar-refractivity contribution in [3.63, 3.8) is 0 Å². The molecule has 9 nitrogen and oxygen atoms in total. The summed E-state index contributed by atoms with van der Waals surface area (Å²) in [6.45, 7) is 5.57. The van der Waals surface area contributed by atoms with Gasteiger partial charge in [0.25, 0.3) is 11.6 Å². The van der Waals surface area contributed by atoms with Gasteiger partial charge in [0.05, 0.1) is 4.92 Å². The topological polar surface area (TPSA) is 110 Å². The number of carbonyl (C=O) groups excluding carboxylic acids is 1. The number of nitro benzene ring substituents is 1. The van der Waals surface area contributed by atoms with Crippen molar-refractivity contribution in [1.82, 2.24) is 9.97 Å². The van der Waals surface area contributed by atoms with E-state index in [0.717, 1.165) is 31.5 Å². The van der Waals surface area contributed by atoms with Crippen molar-refractivity contribution in [1.29, 1.82) is 0 Å². The smallest absolute Gasteiger partial charge is 0.321 e. The van der Waals surface area contributed by atoms with Crippen LogP contribution >= 0.6 is 0 Å². The molecule has 3 aromatic rings. The summed E-state index contributed by atoms with van der Waals surface area (Å²) < 4.78 is 5.61. The van der Waals surface area contributed by atoms with Crippen molar-refractivity contribution in [2.24, 2.45) is 5.92 Å². The van der Waals surface area contributed by atoms with E-state index in [9.17, 15) is 14.9 Å². The van der Waals surface area contributed by atoms with Crippen LogP contribution in [0.4, 0.5) is 17.1 Å². The number of rotatable bonds is 6. The quantitative estimate of drug-likeness (QED) is 0.419. The van der Waals surface area contributed by atoms with Gasteiger partial charge in [-0.25, -0.2) is 9.97 Å². The third kappa shape index (κ3) is 5.25. The van der Waals surface area contributed by atoms with E-state index in [2.05, 4.69) is 22.2 Å². The molecule has 4 rings (SSSR count). The highest BCUT2D eigenvalue weighted by molar-refractivity contribution is 6.05. The lowest BCUT2D eigenvalue weighted by atomic mass is 9.98. The zero-order valence-corrected chi connectivity index (χ0v) is 18.5. The SMILES string of the molecule is Cc1cc(Oc2ncccn2)ccc1NC(=O)c1ccc(N2CCC(C)CC2)c([N+](=O)[O-])c1. The van der Waals surface area contributed by atoms with Crippen LogP contribution < -0.4 is 15.0 Å². The molecule has 1 amide bonds. The summed E-state index contributed by atoms with van der Waals surface area (Å²) in [7, 11) is 0. The minimum atomic E-state index is -0.423. The maximum Gasteiger partial charge on any atom is 0.321 e. The molecular weight excluding hydrogens is 422 g/mol.